The van der Waals surface area contributed by atoms with E-state index in [1.54, 1.807) is 4.90 Å². The third-order valence-electron chi connectivity index (χ3n) is 2.58. The Bertz CT molecular complexity index is 242. The molecular formula is C10H17NO4. The Morgan fingerprint density at radius 1 is 1.67 bits per heavy atom. The van der Waals surface area contributed by atoms with Gasteiger partial charge in [-0.05, 0) is 12.3 Å². The number of hydrogen-bond donors (Lipinski definition) is 1. The summed E-state index contributed by atoms with van der Waals surface area (Å²) in [4.78, 5) is 23.4. The Balaban J connectivity index is 2.42. The van der Waals surface area contributed by atoms with Crippen molar-refractivity contribution in [1.29, 1.82) is 0 Å². The highest BCUT2D eigenvalue weighted by Crippen LogP contribution is 2.14. The number of rotatable bonds is 5. The molecule has 5 heteroatoms. The molecule has 1 atom stereocenters. The number of carboxylic acids is 1. The Kier molecular flexibility index (Phi) is 4.39. The molecule has 5 nitrogen and oxygen atoms in total. The Morgan fingerprint density at radius 3 is 2.93 bits per heavy atom. The van der Waals surface area contributed by atoms with E-state index in [0.29, 0.717) is 19.7 Å². The lowest BCUT2D eigenvalue weighted by molar-refractivity contribution is -0.138. The van der Waals surface area contributed by atoms with Crippen LogP contribution in [0.25, 0.3) is 0 Å². The standard InChI is InChI=1S/C10H17NO4/c1-2-8(6-9(12)13)7-11-4-3-5-15-10(11)14/h8H,2-7H2,1H3,(H,12,13). The maximum Gasteiger partial charge on any atom is 0.409 e. The van der Waals surface area contributed by atoms with Gasteiger partial charge in [-0.1, -0.05) is 13.3 Å². The Morgan fingerprint density at radius 2 is 2.40 bits per heavy atom. The molecule has 86 valence electrons. The van der Waals surface area contributed by atoms with Crippen molar-refractivity contribution < 1.29 is 19.4 Å². The zero-order valence-electron chi connectivity index (χ0n) is 8.94. The highest BCUT2D eigenvalue weighted by atomic mass is 16.6. The zero-order chi connectivity index (χ0) is 11.3. The molecule has 1 amide bonds. The van der Waals surface area contributed by atoms with Crippen molar-refractivity contribution in [2.75, 3.05) is 19.7 Å². The van der Waals surface area contributed by atoms with Crippen LogP contribution in [0.1, 0.15) is 26.2 Å². The number of aliphatic carboxylic acids is 1. The number of carbonyl (C=O) groups excluding carboxylic acids is 1. The van der Waals surface area contributed by atoms with E-state index in [-0.39, 0.29) is 18.4 Å². The number of nitrogens with zero attached hydrogens (tertiary/aromatic N) is 1. The lowest BCUT2D eigenvalue weighted by atomic mass is 10.0. The van der Waals surface area contributed by atoms with Crippen LogP contribution in [0, 0.1) is 5.92 Å². The van der Waals surface area contributed by atoms with Crippen molar-refractivity contribution in [2.45, 2.75) is 26.2 Å². The predicted octanol–water partition coefficient (Wildman–Crippen LogP) is 1.33. The molecule has 1 aliphatic heterocycles. The van der Waals surface area contributed by atoms with Gasteiger partial charge >= 0.3 is 12.1 Å². The highest BCUT2D eigenvalue weighted by Gasteiger charge is 2.23. The van der Waals surface area contributed by atoms with Gasteiger partial charge in [0.05, 0.1) is 6.61 Å². The van der Waals surface area contributed by atoms with Crippen LogP contribution in [0.3, 0.4) is 0 Å². The third kappa shape index (κ3) is 3.77. The van der Waals surface area contributed by atoms with Gasteiger partial charge in [0.1, 0.15) is 0 Å². The summed E-state index contributed by atoms with van der Waals surface area (Å²) in [6.07, 6.45) is 1.39. The second kappa shape index (κ2) is 5.58. The van der Waals surface area contributed by atoms with Crippen LogP contribution in [0.2, 0.25) is 0 Å². The van der Waals surface area contributed by atoms with Gasteiger partial charge in [-0.2, -0.15) is 0 Å². The molecule has 1 fully saturated rings. The SMILES string of the molecule is CCC(CC(=O)O)CN1CCCOC1=O. The van der Waals surface area contributed by atoms with Crippen molar-refractivity contribution in [1.82, 2.24) is 4.90 Å². The van der Waals surface area contributed by atoms with Gasteiger partial charge in [-0.15, -0.1) is 0 Å². The van der Waals surface area contributed by atoms with Crippen molar-refractivity contribution in [3.63, 3.8) is 0 Å². The van der Waals surface area contributed by atoms with Gasteiger partial charge in [0.2, 0.25) is 0 Å². The van der Waals surface area contributed by atoms with E-state index in [9.17, 15) is 9.59 Å². The molecular weight excluding hydrogens is 198 g/mol. The molecule has 0 aromatic carbocycles. The van der Waals surface area contributed by atoms with Crippen LogP contribution in [-0.4, -0.2) is 41.8 Å². The smallest absolute Gasteiger partial charge is 0.409 e. The molecule has 0 spiro atoms. The van der Waals surface area contributed by atoms with E-state index in [2.05, 4.69) is 0 Å². The summed E-state index contributed by atoms with van der Waals surface area (Å²) in [5.74, 6) is -0.791. The average Bonchev–Trinajstić information content (AvgIpc) is 2.19. The molecule has 0 aliphatic carbocycles. The number of ether oxygens (including phenoxy) is 1. The van der Waals surface area contributed by atoms with E-state index in [4.69, 9.17) is 9.84 Å². The van der Waals surface area contributed by atoms with Gasteiger partial charge in [-0.3, -0.25) is 4.79 Å². The minimum atomic E-state index is -0.813. The summed E-state index contributed by atoms with van der Waals surface area (Å²) in [7, 11) is 0. The molecule has 0 aromatic heterocycles. The van der Waals surface area contributed by atoms with E-state index < -0.39 is 5.97 Å². The average molecular weight is 215 g/mol. The van der Waals surface area contributed by atoms with E-state index in [1.807, 2.05) is 6.92 Å². The first-order chi connectivity index (χ1) is 7.13. The molecule has 15 heavy (non-hydrogen) atoms. The predicted molar refractivity (Wildman–Crippen MR) is 53.6 cm³/mol. The van der Waals surface area contributed by atoms with Crippen LogP contribution in [0.4, 0.5) is 4.79 Å². The van der Waals surface area contributed by atoms with Crippen LogP contribution in [-0.2, 0) is 9.53 Å². The molecule has 0 aromatic rings. The fourth-order valence-electron chi connectivity index (χ4n) is 1.66. The Hall–Kier alpha value is -1.26. The zero-order valence-corrected chi connectivity index (χ0v) is 8.94. The third-order valence-corrected chi connectivity index (χ3v) is 2.58. The number of cyclic esters (lactones) is 1. The lowest BCUT2D eigenvalue weighted by Crippen LogP contribution is -2.40. The first-order valence-corrected chi connectivity index (χ1v) is 5.27. The Labute approximate surface area is 89.0 Å². The van der Waals surface area contributed by atoms with Gasteiger partial charge < -0.3 is 14.7 Å². The van der Waals surface area contributed by atoms with Crippen LogP contribution >= 0.6 is 0 Å². The maximum absolute atomic E-state index is 11.3. The quantitative estimate of drug-likeness (QED) is 0.751. The lowest BCUT2D eigenvalue weighted by Gasteiger charge is -2.29. The van der Waals surface area contributed by atoms with Crippen molar-refractivity contribution in [2.24, 2.45) is 5.92 Å². The van der Waals surface area contributed by atoms with Gasteiger partial charge in [0.15, 0.2) is 0 Å². The number of amides is 1. The monoisotopic (exact) mass is 215 g/mol. The topological polar surface area (TPSA) is 66.8 Å². The second-order valence-corrected chi connectivity index (χ2v) is 3.79. The fourth-order valence-corrected chi connectivity index (χ4v) is 1.66. The number of carbonyl (C=O) groups is 2. The van der Waals surface area contributed by atoms with Gasteiger partial charge in [-0.25, -0.2) is 4.79 Å². The molecule has 0 radical (unpaired) electrons. The van der Waals surface area contributed by atoms with Crippen LogP contribution in [0.5, 0.6) is 0 Å². The molecule has 1 saturated heterocycles. The molecule has 1 rings (SSSR count). The summed E-state index contributed by atoms with van der Waals surface area (Å²) in [6.45, 7) is 3.57. The minimum absolute atomic E-state index is 0.0214. The molecule has 1 N–H and O–H groups in total. The minimum Gasteiger partial charge on any atom is -0.481 e. The summed E-state index contributed by atoms with van der Waals surface area (Å²) >= 11 is 0. The summed E-state index contributed by atoms with van der Waals surface area (Å²) in [5, 5.41) is 8.68. The number of hydrogen-bond acceptors (Lipinski definition) is 3. The second-order valence-electron chi connectivity index (χ2n) is 3.79. The first-order valence-electron chi connectivity index (χ1n) is 5.27. The fraction of sp³-hybridized carbons (Fsp3) is 0.800. The molecule has 0 saturated carbocycles. The van der Waals surface area contributed by atoms with Gasteiger partial charge in [0, 0.05) is 19.5 Å². The van der Waals surface area contributed by atoms with Crippen LogP contribution < -0.4 is 0 Å². The summed E-state index contributed by atoms with van der Waals surface area (Å²) in [6, 6.07) is 0. The number of carboxylic acid groups (broad SMARTS) is 1. The summed E-state index contributed by atoms with van der Waals surface area (Å²) in [5.41, 5.74) is 0. The van der Waals surface area contributed by atoms with Crippen molar-refractivity contribution >= 4 is 12.1 Å². The molecule has 1 unspecified atom stereocenters. The maximum atomic E-state index is 11.3. The van der Waals surface area contributed by atoms with Crippen molar-refractivity contribution in [3.8, 4) is 0 Å². The highest BCUT2D eigenvalue weighted by molar-refractivity contribution is 5.69. The van der Waals surface area contributed by atoms with E-state index >= 15 is 0 Å². The van der Waals surface area contributed by atoms with Gasteiger partial charge in [0.25, 0.3) is 0 Å². The van der Waals surface area contributed by atoms with E-state index in [1.165, 1.54) is 0 Å². The summed E-state index contributed by atoms with van der Waals surface area (Å²) < 4.78 is 4.88. The van der Waals surface area contributed by atoms with E-state index in [0.717, 1.165) is 12.8 Å². The van der Waals surface area contributed by atoms with Crippen molar-refractivity contribution in [3.05, 3.63) is 0 Å². The molecule has 0 bridgehead atoms. The largest absolute Gasteiger partial charge is 0.481 e. The normalized spacial score (nSPS) is 18.5. The van der Waals surface area contributed by atoms with Crippen LogP contribution in [0.15, 0.2) is 0 Å². The molecule has 1 aliphatic rings. The molecule has 1 heterocycles. The first kappa shape index (κ1) is 11.8.